The summed E-state index contributed by atoms with van der Waals surface area (Å²) in [6, 6.07) is 8.51. The van der Waals surface area contributed by atoms with Gasteiger partial charge < -0.3 is 4.90 Å². The predicted octanol–water partition coefficient (Wildman–Crippen LogP) is 3.86. The highest BCUT2D eigenvalue weighted by molar-refractivity contribution is 5.83. The standard InChI is InChI=1S/C17H27NO/c1-6-18(7-2)17(19)14(5)16-10-8-15(9-11-16)12-13(3)4/h8-11,13-14H,6-7,12H2,1-5H3. The summed E-state index contributed by atoms with van der Waals surface area (Å²) in [6.45, 7) is 12.1. The Labute approximate surface area is 117 Å². The minimum Gasteiger partial charge on any atom is -0.343 e. The molecule has 1 aromatic rings. The van der Waals surface area contributed by atoms with E-state index in [2.05, 4.69) is 38.1 Å². The largest absolute Gasteiger partial charge is 0.343 e. The van der Waals surface area contributed by atoms with E-state index in [9.17, 15) is 4.79 Å². The maximum atomic E-state index is 12.3. The summed E-state index contributed by atoms with van der Waals surface area (Å²) >= 11 is 0. The van der Waals surface area contributed by atoms with Gasteiger partial charge in [-0.1, -0.05) is 38.1 Å². The lowest BCUT2D eigenvalue weighted by Crippen LogP contribution is -2.33. The monoisotopic (exact) mass is 261 g/mol. The van der Waals surface area contributed by atoms with Gasteiger partial charge in [0.15, 0.2) is 0 Å². The molecular weight excluding hydrogens is 234 g/mol. The molecular formula is C17H27NO. The topological polar surface area (TPSA) is 20.3 Å². The molecule has 1 amide bonds. The van der Waals surface area contributed by atoms with Gasteiger partial charge in [0.2, 0.25) is 5.91 Å². The van der Waals surface area contributed by atoms with Crippen LogP contribution in [0.25, 0.3) is 0 Å². The molecule has 2 heteroatoms. The molecule has 1 aromatic carbocycles. The molecule has 1 atom stereocenters. The van der Waals surface area contributed by atoms with Crippen LogP contribution in [0.15, 0.2) is 24.3 Å². The van der Waals surface area contributed by atoms with Crippen LogP contribution in [0, 0.1) is 5.92 Å². The summed E-state index contributed by atoms with van der Waals surface area (Å²) in [5.41, 5.74) is 2.46. The van der Waals surface area contributed by atoms with Crippen molar-refractivity contribution in [3.8, 4) is 0 Å². The Morgan fingerprint density at radius 2 is 1.58 bits per heavy atom. The van der Waals surface area contributed by atoms with E-state index in [1.165, 1.54) is 5.56 Å². The number of nitrogens with zero attached hydrogens (tertiary/aromatic N) is 1. The van der Waals surface area contributed by atoms with Crippen LogP contribution in [0.1, 0.15) is 51.7 Å². The lowest BCUT2D eigenvalue weighted by molar-refractivity contribution is -0.132. The van der Waals surface area contributed by atoms with Crippen molar-refractivity contribution in [1.82, 2.24) is 4.90 Å². The van der Waals surface area contributed by atoms with Gasteiger partial charge in [-0.2, -0.15) is 0 Å². The second-order valence-electron chi connectivity index (χ2n) is 5.57. The summed E-state index contributed by atoms with van der Waals surface area (Å²) in [4.78, 5) is 14.2. The zero-order valence-electron chi connectivity index (χ0n) is 12.9. The zero-order valence-corrected chi connectivity index (χ0v) is 12.9. The number of rotatable bonds is 6. The zero-order chi connectivity index (χ0) is 14.4. The van der Waals surface area contributed by atoms with Crippen molar-refractivity contribution in [2.45, 2.75) is 47.0 Å². The molecule has 0 radical (unpaired) electrons. The molecule has 1 unspecified atom stereocenters. The van der Waals surface area contributed by atoms with E-state index in [1.807, 2.05) is 25.7 Å². The molecule has 2 nitrogen and oxygen atoms in total. The highest BCUT2D eigenvalue weighted by atomic mass is 16.2. The third-order valence-electron chi connectivity index (χ3n) is 3.57. The predicted molar refractivity (Wildman–Crippen MR) is 81.3 cm³/mol. The van der Waals surface area contributed by atoms with Crippen molar-refractivity contribution in [3.05, 3.63) is 35.4 Å². The molecule has 1 rings (SSSR count). The molecule has 0 spiro atoms. The summed E-state index contributed by atoms with van der Waals surface area (Å²) in [7, 11) is 0. The molecule has 0 aliphatic carbocycles. The lowest BCUT2D eigenvalue weighted by Gasteiger charge is -2.23. The molecule has 0 aromatic heterocycles. The van der Waals surface area contributed by atoms with E-state index < -0.39 is 0 Å². The first-order valence-electron chi connectivity index (χ1n) is 7.37. The van der Waals surface area contributed by atoms with E-state index in [0.29, 0.717) is 5.92 Å². The van der Waals surface area contributed by atoms with Gasteiger partial charge in [-0.3, -0.25) is 4.79 Å². The van der Waals surface area contributed by atoms with Crippen LogP contribution in [0.5, 0.6) is 0 Å². The summed E-state index contributed by atoms with van der Waals surface area (Å²) in [5.74, 6) is 0.843. The molecule has 0 saturated carbocycles. The van der Waals surface area contributed by atoms with Gasteiger partial charge in [-0.15, -0.1) is 0 Å². The molecule has 0 saturated heterocycles. The van der Waals surface area contributed by atoms with E-state index in [4.69, 9.17) is 0 Å². The van der Waals surface area contributed by atoms with Crippen molar-refractivity contribution in [2.75, 3.05) is 13.1 Å². The Kier molecular flexibility index (Phi) is 6.07. The van der Waals surface area contributed by atoms with E-state index in [-0.39, 0.29) is 11.8 Å². The number of likely N-dealkylation sites (N-methyl/N-ethyl adjacent to an activating group) is 1. The van der Waals surface area contributed by atoms with Gasteiger partial charge in [0.1, 0.15) is 0 Å². The fraction of sp³-hybridized carbons (Fsp3) is 0.588. The number of hydrogen-bond acceptors (Lipinski definition) is 1. The first-order chi connectivity index (χ1) is 8.99. The Bertz CT molecular complexity index is 390. The third-order valence-corrected chi connectivity index (χ3v) is 3.57. The molecule has 0 bridgehead atoms. The smallest absolute Gasteiger partial charge is 0.229 e. The third kappa shape index (κ3) is 4.38. The first kappa shape index (κ1) is 15.7. The van der Waals surface area contributed by atoms with Crippen LogP contribution in [0.2, 0.25) is 0 Å². The summed E-state index contributed by atoms with van der Waals surface area (Å²) in [6.07, 6.45) is 1.10. The van der Waals surface area contributed by atoms with Crippen LogP contribution in [0.4, 0.5) is 0 Å². The van der Waals surface area contributed by atoms with Crippen LogP contribution in [-0.2, 0) is 11.2 Å². The molecule has 0 fully saturated rings. The van der Waals surface area contributed by atoms with Gasteiger partial charge in [-0.05, 0) is 44.2 Å². The highest BCUT2D eigenvalue weighted by Gasteiger charge is 2.19. The van der Waals surface area contributed by atoms with Crippen LogP contribution < -0.4 is 0 Å². The lowest BCUT2D eigenvalue weighted by atomic mass is 9.96. The van der Waals surface area contributed by atoms with Crippen molar-refractivity contribution < 1.29 is 4.79 Å². The molecule has 19 heavy (non-hydrogen) atoms. The fourth-order valence-electron chi connectivity index (χ4n) is 2.37. The van der Waals surface area contributed by atoms with Gasteiger partial charge in [0.05, 0.1) is 5.92 Å². The Morgan fingerprint density at radius 1 is 1.05 bits per heavy atom. The average Bonchev–Trinajstić information content (AvgIpc) is 2.39. The van der Waals surface area contributed by atoms with Crippen molar-refractivity contribution in [1.29, 1.82) is 0 Å². The number of carbonyl (C=O) groups is 1. The average molecular weight is 261 g/mol. The van der Waals surface area contributed by atoms with Crippen molar-refractivity contribution in [3.63, 3.8) is 0 Å². The minimum atomic E-state index is -0.0481. The van der Waals surface area contributed by atoms with Crippen molar-refractivity contribution >= 4 is 5.91 Å². The van der Waals surface area contributed by atoms with Crippen LogP contribution >= 0.6 is 0 Å². The summed E-state index contributed by atoms with van der Waals surface area (Å²) in [5, 5.41) is 0. The maximum Gasteiger partial charge on any atom is 0.229 e. The molecule has 0 heterocycles. The van der Waals surface area contributed by atoms with Gasteiger partial charge in [0, 0.05) is 13.1 Å². The SMILES string of the molecule is CCN(CC)C(=O)C(C)c1ccc(CC(C)C)cc1. The highest BCUT2D eigenvalue weighted by Crippen LogP contribution is 2.19. The van der Waals surface area contributed by atoms with E-state index in [0.717, 1.165) is 25.1 Å². The Morgan fingerprint density at radius 3 is 2.00 bits per heavy atom. The van der Waals surface area contributed by atoms with Crippen LogP contribution in [-0.4, -0.2) is 23.9 Å². The molecule has 106 valence electrons. The van der Waals surface area contributed by atoms with Gasteiger partial charge >= 0.3 is 0 Å². The number of hydrogen-bond donors (Lipinski definition) is 0. The van der Waals surface area contributed by atoms with Gasteiger partial charge in [0.25, 0.3) is 0 Å². The number of benzene rings is 1. The first-order valence-corrected chi connectivity index (χ1v) is 7.37. The molecule has 0 aliphatic heterocycles. The van der Waals surface area contributed by atoms with Gasteiger partial charge in [-0.25, -0.2) is 0 Å². The normalized spacial score (nSPS) is 12.5. The second kappa shape index (κ2) is 7.32. The fourth-order valence-corrected chi connectivity index (χ4v) is 2.37. The van der Waals surface area contributed by atoms with E-state index >= 15 is 0 Å². The second-order valence-corrected chi connectivity index (χ2v) is 5.57. The minimum absolute atomic E-state index is 0.0481. The van der Waals surface area contributed by atoms with E-state index in [1.54, 1.807) is 0 Å². The quantitative estimate of drug-likeness (QED) is 0.761. The van der Waals surface area contributed by atoms with Crippen LogP contribution in [0.3, 0.4) is 0 Å². The molecule has 0 aliphatic rings. The maximum absolute atomic E-state index is 12.3. The molecule has 0 N–H and O–H groups in total. The Hall–Kier alpha value is -1.31. The number of amides is 1. The number of carbonyl (C=O) groups excluding carboxylic acids is 1. The summed E-state index contributed by atoms with van der Waals surface area (Å²) < 4.78 is 0. The Balaban J connectivity index is 2.77. The van der Waals surface area contributed by atoms with Crippen molar-refractivity contribution in [2.24, 2.45) is 5.92 Å².